The van der Waals surface area contributed by atoms with Gasteiger partial charge in [-0.1, -0.05) is 25.1 Å². The Balaban J connectivity index is 1.81. The van der Waals surface area contributed by atoms with E-state index in [9.17, 15) is 0 Å². The van der Waals surface area contributed by atoms with Crippen LogP contribution in [0.15, 0.2) is 61.2 Å². The van der Waals surface area contributed by atoms with Gasteiger partial charge in [-0.25, -0.2) is 15.0 Å². The van der Waals surface area contributed by atoms with Crippen molar-refractivity contribution in [3.8, 4) is 16.8 Å². The van der Waals surface area contributed by atoms with Crippen LogP contribution in [0.25, 0.3) is 27.8 Å². The number of imidazole rings is 1. The molecule has 2 heterocycles. The van der Waals surface area contributed by atoms with E-state index in [1.54, 1.807) is 0 Å². The molecule has 4 rings (SSSR count). The summed E-state index contributed by atoms with van der Waals surface area (Å²) in [7, 11) is 0. The molecule has 0 aliphatic rings. The molecule has 0 aliphatic heterocycles. The highest BCUT2D eigenvalue weighted by atomic mass is 16.2. The topological polar surface area (TPSA) is 63.8 Å². The first kappa shape index (κ1) is 16.4. The highest BCUT2D eigenvalue weighted by Crippen LogP contribution is 2.27. The van der Waals surface area contributed by atoms with Crippen molar-refractivity contribution >= 4 is 11.0 Å². The number of hydrogen-bond acceptors (Lipinski definition) is 4. The zero-order chi connectivity index (χ0) is 17.9. The number of rotatable bonds is 5. The van der Waals surface area contributed by atoms with Gasteiger partial charge < -0.3 is 5.11 Å². The summed E-state index contributed by atoms with van der Waals surface area (Å²) in [6.45, 7) is 2.28. The Hall–Kier alpha value is -3.05. The molecule has 0 unspecified atom stereocenters. The van der Waals surface area contributed by atoms with Crippen LogP contribution in [0.2, 0.25) is 0 Å². The molecule has 0 aliphatic carbocycles. The summed E-state index contributed by atoms with van der Waals surface area (Å²) in [4.78, 5) is 13.0. The van der Waals surface area contributed by atoms with Crippen LogP contribution in [0.5, 0.6) is 0 Å². The minimum atomic E-state index is 0.166. The number of nitrogens with zero attached hydrogens (tertiary/aromatic N) is 4. The van der Waals surface area contributed by atoms with Crippen LogP contribution in [0, 0.1) is 0 Å². The molecule has 0 atom stereocenters. The van der Waals surface area contributed by atoms with Gasteiger partial charge in [-0.15, -0.1) is 0 Å². The molecule has 2 aromatic carbocycles. The number of aromatic nitrogens is 4. The first-order chi connectivity index (χ1) is 12.8. The molecule has 2 aromatic heterocycles. The lowest BCUT2D eigenvalue weighted by atomic mass is 10.1. The maximum Gasteiger partial charge on any atom is 0.115 e. The van der Waals surface area contributed by atoms with E-state index in [-0.39, 0.29) is 6.61 Å². The van der Waals surface area contributed by atoms with Gasteiger partial charge in [0.2, 0.25) is 0 Å². The Morgan fingerprint density at radius 2 is 1.73 bits per heavy atom. The first-order valence-corrected chi connectivity index (χ1v) is 8.77. The van der Waals surface area contributed by atoms with Gasteiger partial charge in [0.05, 0.1) is 11.0 Å². The van der Waals surface area contributed by atoms with Gasteiger partial charge in [-0.2, -0.15) is 0 Å². The van der Waals surface area contributed by atoms with Crippen molar-refractivity contribution in [2.24, 2.45) is 0 Å². The molecule has 5 nitrogen and oxygen atoms in total. The first-order valence-electron chi connectivity index (χ1n) is 8.77. The number of aliphatic hydroxyl groups is 1. The van der Waals surface area contributed by atoms with Crippen LogP contribution in [0.1, 0.15) is 18.3 Å². The number of aryl methyl sites for hydroxylation is 1. The summed E-state index contributed by atoms with van der Waals surface area (Å²) in [6.07, 6.45) is 6.68. The predicted octanol–water partition coefficient (Wildman–Crippen LogP) is 3.58. The van der Waals surface area contributed by atoms with Gasteiger partial charge in [0.15, 0.2) is 0 Å². The minimum absolute atomic E-state index is 0.166. The number of aliphatic hydroxyl groups excluding tert-OH is 1. The number of fused-ring (bicyclic) bond motifs is 1. The molecule has 1 N–H and O–H groups in total. The summed E-state index contributed by atoms with van der Waals surface area (Å²) in [6, 6.07) is 14.6. The Morgan fingerprint density at radius 1 is 0.962 bits per heavy atom. The van der Waals surface area contributed by atoms with Crippen molar-refractivity contribution < 1.29 is 5.11 Å². The highest BCUT2D eigenvalue weighted by Gasteiger charge is 2.12. The summed E-state index contributed by atoms with van der Waals surface area (Å²) in [5.41, 5.74) is 6.30. The average molecular weight is 344 g/mol. The summed E-state index contributed by atoms with van der Waals surface area (Å²) >= 11 is 0. The highest BCUT2D eigenvalue weighted by molar-refractivity contribution is 5.83. The molecule has 0 bridgehead atoms. The van der Waals surface area contributed by atoms with E-state index in [1.807, 2.05) is 12.4 Å². The van der Waals surface area contributed by atoms with Crippen molar-refractivity contribution in [1.82, 2.24) is 19.5 Å². The second kappa shape index (κ2) is 7.06. The number of hydrogen-bond donors (Lipinski definition) is 1. The summed E-state index contributed by atoms with van der Waals surface area (Å²) in [5, 5.41) is 9.09. The van der Waals surface area contributed by atoms with Crippen molar-refractivity contribution in [2.45, 2.75) is 19.8 Å². The van der Waals surface area contributed by atoms with Crippen LogP contribution >= 0.6 is 0 Å². The Morgan fingerprint density at radius 3 is 2.42 bits per heavy atom. The molecule has 26 heavy (non-hydrogen) atoms. The van der Waals surface area contributed by atoms with Crippen LogP contribution in [0.3, 0.4) is 0 Å². The Labute approximate surface area is 152 Å². The lowest BCUT2D eigenvalue weighted by molar-refractivity contribution is 0.299. The third-order valence-electron chi connectivity index (χ3n) is 4.53. The van der Waals surface area contributed by atoms with Gasteiger partial charge in [-0.05, 0) is 41.8 Å². The third kappa shape index (κ3) is 2.97. The van der Waals surface area contributed by atoms with Gasteiger partial charge in [0.1, 0.15) is 12.2 Å². The van der Waals surface area contributed by atoms with Crippen LogP contribution in [0.4, 0.5) is 0 Å². The number of benzene rings is 2. The molecule has 5 heteroatoms. The van der Waals surface area contributed by atoms with E-state index in [1.165, 1.54) is 6.33 Å². The second-order valence-corrected chi connectivity index (χ2v) is 6.19. The fourth-order valence-corrected chi connectivity index (χ4v) is 3.22. The summed E-state index contributed by atoms with van der Waals surface area (Å²) < 4.78 is 2.20. The van der Waals surface area contributed by atoms with Gasteiger partial charge in [0, 0.05) is 36.7 Å². The summed E-state index contributed by atoms with van der Waals surface area (Å²) in [5.74, 6) is 1.02. The predicted molar refractivity (Wildman–Crippen MR) is 102 cm³/mol. The van der Waals surface area contributed by atoms with Crippen molar-refractivity contribution in [3.63, 3.8) is 0 Å². The van der Waals surface area contributed by atoms with E-state index in [2.05, 4.69) is 63.9 Å². The van der Waals surface area contributed by atoms with Crippen LogP contribution in [-0.4, -0.2) is 31.2 Å². The smallest absolute Gasteiger partial charge is 0.115 e. The molecule has 0 saturated carbocycles. The molecule has 0 radical (unpaired) electrons. The van der Waals surface area contributed by atoms with Gasteiger partial charge >= 0.3 is 0 Å². The largest absolute Gasteiger partial charge is 0.396 e. The molecule has 0 amide bonds. The molecule has 4 aromatic rings. The molecular weight excluding hydrogens is 324 g/mol. The maximum absolute atomic E-state index is 9.09. The second-order valence-electron chi connectivity index (χ2n) is 6.19. The molecule has 130 valence electrons. The lowest BCUT2D eigenvalue weighted by Gasteiger charge is -2.09. The zero-order valence-electron chi connectivity index (χ0n) is 14.6. The van der Waals surface area contributed by atoms with Crippen LogP contribution in [-0.2, 0) is 12.8 Å². The normalized spacial score (nSPS) is 11.2. The van der Waals surface area contributed by atoms with E-state index in [0.717, 1.165) is 45.7 Å². The van der Waals surface area contributed by atoms with Crippen molar-refractivity contribution in [3.05, 3.63) is 72.6 Å². The fourth-order valence-electron chi connectivity index (χ4n) is 3.22. The Kier molecular flexibility index (Phi) is 4.46. The quantitative estimate of drug-likeness (QED) is 0.601. The average Bonchev–Trinajstić information content (AvgIpc) is 3.07. The SMILES string of the molecule is CCc1nc2cc(-c3cncnc3)ccc2n1-c1ccc(CCO)cc1. The minimum Gasteiger partial charge on any atom is -0.396 e. The molecule has 0 spiro atoms. The third-order valence-corrected chi connectivity index (χ3v) is 4.53. The molecular formula is C21H20N4O. The van der Waals surface area contributed by atoms with E-state index >= 15 is 0 Å². The van der Waals surface area contributed by atoms with E-state index in [4.69, 9.17) is 10.1 Å². The fraction of sp³-hybridized carbons (Fsp3) is 0.190. The molecule has 0 fully saturated rings. The molecule has 0 saturated heterocycles. The lowest BCUT2D eigenvalue weighted by Crippen LogP contribution is -2.00. The van der Waals surface area contributed by atoms with E-state index < -0.39 is 0 Å². The van der Waals surface area contributed by atoms with Gasteiger partial charge in [-0.3, -0.25) is 4.57 Å². The van der Waals surface area contributed by atoms with Crippen molar-refractivity contribution in [2.75, 3.05) is 6.61 Å². The van der Waals surface area contributed by atoms with Crippen molar-refractivity contribution in [1.29, 1.82) is 0 Å². The van der Waals surface area contributed by atoms with Gasteiger partial charge in [0.25, 0.3) is 0 Å². The standard InChI is InChI=1S/C21H20N4O/c1-2-21-24-19-11-16(17-12-22-14-23-13-17)5-8-20(19)25(21)18-6-3-15(4-7-18)9-10-26/h3-8,11-14,26H,2,9-10H2,1H3. The maximum atomic E-state index is 9.09. The zero-order valence-corrected chi connectivity index (χ0v) is 14.6. The van der Waals surface area contributed by atoms with Crippen LogP contribution < -0.4 is 0 Å². The Bertz CT molecular complexity index is 1020. The monoisotopic (exact) mass is 344 g/mol. The van der Waals surface area contributed by atoms with E-state index in [0.29, 0.717) is 6.42 Å².